The normalized spacial score (nSPS) is 24.3. The van der Waals surface area contributed by atoms with Crippen molar-refractivity contribution in [2.45, 2.75) is 81.6 Å². The van der Waals surface area contributed by atoms with Crippen molar-refractivity contribution in [1.29, 1.82) is 0 Å². The zero-order valence-electron chi connectivity index (χ0n) is 34.6. The Morgan fingerprint density at radius 1 is 0.967 bits per heavy atom. The highest BCUT2D eigenvalue weighted by molar-refractivity contribution is 6.10. The van der Waals surface area contributed by atoms with Crippen molar-refractivity contribution in [1.82, 2.24) is 40.1 Å². The number of H-pyrrole nitrogens is 1. The number of piperidine rings is 3. The van der Waals surface area contributed by atoms with Crippen LogP contribution in [0.15, 0.2) is 53.3 Å². The molecule has 16 nitrogen and oxygen atoms in total. The van der Waals surface area contributed by atoms with E-state index in [2.05, 4.69) is 53.8 Å². The largest absolute Gasteiger partial charge is 0.364 e. The number of nitrogens with two attached hydrogens (primary N) is 1. The number of hydrogen-bond acceptors (Lipinski definition) is 11. The summed E-state index contributed by atoms with van der Waals surface area (Å²) in [6.07, 6.45) is 11.6. The van der Waals surface area contributed by atoms with Gasteiger partial charge in [0.2, 0.25) is 11.8 Å². The summed E-state index contributed by atoms with van der Waals surface area (Å²) in [5, 5.41) is 12.2. The molecule has 318 valence electrons. The molecule has 0 spiro atoms. The van der Waals surface area contributed by atoms with Gasteiger partial charge in [0, 0.05) is 74.5 Å². The number of benzene rings is 2. The third kappa shape index (κ3) is 7.55. The second-order valence-corrected chi connectivity index (χ2v) is 17.8. The molecule has 61 heavy (non-hydrogen) atoms. The fourth-order valence-electron chi connectivity index (χ4n) is 10.7. The molecule has 1 aliphatic carbocycles. The maximum absolute atomic E-state index is 12.8. The summed E-state index contributed by atoms with van der Waals surface area (Å²) in [6.45, 7) is 6.09. The van der Waals surface area contributed by atoms with Crippen LogP contribution in [0.2, 0.25) is 0 Å². The molecular formula is C45H53N11O5. The van der Waals surface area contributed by atoms with Crippen molar-refractivity contribution >= 4 is 62.9 Å². The maximum Gasteiger partial charge on any atom is 0.320 e. The zero-order chi connectivity index (χ0) is 41.8. The molecule has 5 aliphatic rings. The molecule has 3 aromatic heterocycles. The second-order valence-electron chi connectivity index (χ2n) is 17.8. The van der Waals surface area contributed by atoms with Crippen LogP contribution in [0, 0.1) is 5.92 Å². The van der Waals surface area contributed by atoms with Crippen LogP contribution in [0.3, 0.4) is 0 Å². The number of anilines is 3. The van der Waals surface area contributed by atoms with Crippen molar-refractivity contribution in [2.24, 2.45) is 11.7 Å². The minimum Gasteiger partial charge on any atom is -0.364 e. The highest BCUT2D eigenvalue weighted by Gasteiger charge is 2.37. The van der Waals surface area contributed by atoms with Crippen LogP contribution in [0.25, 0.3) is 21.9 Å². The first-order valence-corrected chi connectivity index (χ1v) is 21.9. The average Bonchev–Trinajstić information content (AvgIpc) is 4.09. The van der Waals surface area contributed by atoms with Gasteiger partial charge < -0.3 is 40.2 Å². The number of aromatic amines is 1. The number of urea groups is 1. The Hall–Kier alpha value is -6.03. The number of carbonyl (C=O) groups excluding carboxylic acids is 4. The van der Waals surface area contributed by atoms with Gasteiger partial charge in [0.1, 0.15) is 11.5 Å². The lowest BCUT2D eigenvalue weighted by Crippen LogP contribution is -2.49. The van der Waals surface area contributed by atoms with Crippen LogP contribution < -0.4 is 21.3 Å². The second kappa shape index (κ2) is 16.1. The van der Waals surface area contributed by atoms with E-state index in [1.165, 1.54) is 5.56 Å². The number of imide groups is 1. The number of fused-ring (bicyclic) bond motifs is 3. The van der Waals surface area contributed by atoms with E-state index in [4.69, 9.17) is 15.2 Å². The first-order valence-electron chi connectivity index (χ1n) is 21.9. The summed E-state index contributed by atoms with van der Waals surface area (Å²) < 4.78 is 6.06. The van der Waals surface area contributed by atoms with Crippen molar-refractivity contribution in [3.05, 3.63) is 71.3 Å². The van der Waals surface area contributed by atoms with Crippen LogP contribution >= 0.6 is 0 Å². The summed E-state index contributed by atoms with van der Waals surface area (Å²) in [5.41, 5.74) is 11.5. The molecule has 4 aliphatic heterocycles. The van der Waals surface area contributed by atoms with E-state index in [1.54, 1.807) is 11.1 Å². The van der Waals surface area contributed by atoms with Gasteiger partial charge in [0.05, 0.1) is 23.5 Å². The molecule has 4 atom stereocenters. The minimum absolute atomic E-state index is 0.0695. The van der Waals surface area contributed by atoms with Crippen molar-refractivity contribution in [3.8, 4) is 0 Å². The number of rotatable bonds is 10. The van der Waals surface area contributed by atoms with E-state index < -0.39 is 11.8 Å². The number of primary amides is 1. The molecule has 2 unspecified atom stereocenters. The first-order chi connectivity index (χ1) is 29.7. The number of likely N-dealkylation sites (N-methyl/N-ethyl adjacent to an activating group) is 1. The Bertz CT molecular complexity index is 2490. The lowest BCUT2D eigenvalue weighted by Gasteiger charge is -2.37. The van der Waals surface area contributed by atoms with Crippen LogP contribution in [0.1, 0.15) is 103 Å². The number of nitrogens with zero attached hydrogens (tertiary/aromatic N) is 7. The minimum atomic E-state index is -0.647. The van der Waals surface area contributed by atoms with Crippen molar-refractivity contribution in [2.75, 3.05) is 63.1 Å². The van der Waals surface area contributed by atoms with Gasteiger partial charge in [-0.3, -0.25) is 19.7 Å². The molecule has 5 fully saturated rings. The van der Waals surface area contributed by atoms with Gasteiger partial charge in [-0.1, -0.05) is 17.3 Å². The number of aromatic nitrogens is 4. The molecule has 2 aromatic carbocycles. The van der Waals surface area contributed by atoms with Crippen molar-refractivity contribution in [3.63, 3.8) is 0 Å². The molecule has 5 N–H and O–H groups in total. The molecule has 10 rings (SSSR count). The molecule has 5 aromatic rings. The van der Waals surface area contributed by atoms with Gasteiger partial charge in [0.15, 0.2) is 17.1 Å². The lowest BCUT2D eigenvalue weighted by molar-refractivity contribution is -0.134. The molecular weight excluding hydrogens is 775 g/mol. The third-order valence-corrected chi connectivity index (χ3v) is 14.0. The van der Waals surface area contributed by atoms with Crippen molar-refractivity contribution < 1.29 is 23.7 Å². The predicted octanol–water partition coefficient (Wildman–Crippen LogP) is 5.56. The monoisotopic (exact) mass is 827 g/mol. The zero-order valence-corrected chi connectivity index (χ0v) is 34.6. The number of amides is 5. The van der Waals surface area contributed by atoms with Gasteiger partial charge in [-0.05, 0) is 112 Å². The SMILES string of the molecule is CN1CCN([C@@H]2CCCN(c3cnc(C(N)=O)c(Nc4ccc(C5CCN(C[C@@H]6CCC(c7cc8[nH]ccc8c8c(C9CCC(=O)NC9=O)noc78)C6)CC5)cc4)n3)C2)C1=O. The fourth-order valence-corrected chi connectivity index (χ4v) is 10.7. The van der Waals surface area contributed by atoms with Gasteiger partial charge in [-0.25, -0.2) is 14.8 Å². The quantitative estimate of drug-likeness (QED) is 0.129. The summed E-state index contributed by atoms with van der Waals surface area (Å²) >= 11 is 0. The molecule has 4 saturated heterocycles. The number of hydrogen-bond donors (Lipinski definition) is 4. The van der Waals surface area contributed by atoms with Crippen LogP contribution in [0.4, 0.5) is 22.1 Å². The number of carbonyl (C=O) groups is 4. The van der Waals surface area contributed by atoms with E-state index in [-0.39, 0.29) is 29.6 Å². The molecule has 1 saturated carbocycles. The van der Waals surface area contributed by atoms with Crippen LogP contribution in [-0.4, -0.2) is 117 Å². The highest BCUT2D eigenvalue weighted by atomic mass is 16.5. The van der Waals surface area contributed by atoms with E-state index >= 15 is 0 Å². The number of likely N-dealkylation sites (tertiary alicyclic amines) is 1. The van der Waals surface area contributed by atoms with Crippen LogP contribution in [0.5, 0.6) is 0 Å². The molecule has 0 bridgehead atoms. The highest BCUT2D eigenvalue weighted by Crippen LogP contribution is 2.45. The molecule has 7 heterocycles. The summed E-state index contributed by atoms with van der Waals surface area (Å²) in [6, 6.07) is 12.8. The molecule has 16 heteroatoms. The third-order valence-electron chi connectivity index (χ3n) is 14.0. The van der Waals surface area contributed by atoms with Gasteiger partial charge >= 0.3 is 6.03 Å². The Kier molecular flexibility index (Phi) is 10.3. The average molecular weight is 828 g/mol. The Labute approximate surface area is 353 Å². The Morgan fingerprint density at radius 3 is 2.57 bits per heavy atom. The summed E-state index contributed by atoms with van der Waals surface area (Å²) in [4.78, 5) is 71.0. The number of nitrogens with one attached hydrogen (secondary N) is 3. The predicted molar refractivity (Wildman–Crippen MR) is 230 cm³/mol. The van der Waals surface area contributed by atoms with Gasteiger partial charge in [-0.15, -0.1) is 0 Å². The smallest absolute Gasteiger partial charge is 0.320 e. The van der Waals surface area contributed by atoms with Crippen LogP contribution in [-0.2, 0) is 9.59 Å². The Morgan fingerprint density at radius 2 is 1.80 bits per heavy atom. The Balaban J connectivity index is 0.754. The molecule has 5 amide bonds. The topological polar surface area (TPSA) is 199 Å². The van der Waals surface area contributed by atoms with E-state index in [9.17, 15) is 19.2 Å². The first kappa shape index (κ1) is 39.1. The van der Waals surface area contributed by atoms with E-state index in [1.807, 2.05) is 36.3 Å². The molecule has 0 radical (unpaired) electrons. The van der Waals surface area contributed by atoms with Gasteiger partial charge in [-0.2, -0.15) is 0 Å². The lowest BCUT2D eigenvalue weighted by atomic mass is 9.88. The standard InChI is InChI=1S/C45H53N11O5/c1-53-19-20-56(45(53)60)31-3-2-16-55(25-31)36-23-48-40(42(46)58)43(50-36)49-30-8-6-27(7-9-30)28-13-17-54(18-14-28)24-26-4-5-29(21-26)34-22-35-32(12-15-47-35)38-39(52-61-41(34)38)33-10-11-37(57)51-44(33)59/h6-9,12,15,22-23,26,28-29,31,33,47H,2-5,10-11,13-14,16-21,24-25H2,1H3,(H2,46,58)(H,49,50)(H,51,57,59)/t26-,29?,31-,33?/m1/s1. The summed E-state index contributed by atoms with van der Waals surface area (Å²) in [7, 11) is 1.84. The van der Waals surface area contributed by atoms with E-state index in [0.29, 0.717) is 54.5 Å². The summed E-state index contributed by atoms with van der Waals surface area (Å²) in [5.74, 6) is 0.665. The fraction of sp³-hybridized carbons (Fsp3) is 0.489. The van der Waals surface area contributed by atoms with E-state index in [0.717, 1.165) is 117 Å². The maximum atomic E-state index is 12.8. The van der Waals surface area contributed by atoms with Gasteiger partial charge in [0.25, 0.3) is 5.91 Å².